The molecule has 106 valence electrons. The maximum atomic E-state index is 12.2. The van der Waals surface area contributed by atoms with Gasteiger partial charge in [-0.2, -0.15) is 0 Å². The van der Waals surface area contributed by atoms with E-state index in [0.29, 0.717) is 13.1 Å². The molecule has 0 saturated carbocycles. The van der Waals surface area contributed by atoms with Crippen LogP contribution in [-0.4, -0.2) is 39.9 Å². The van der Waals surface area contributed by atoms with Crippen molar-refractivity contribution in [3.63, 3.8) is 0 Å². The smallest absolute Gasteiger partial charge is 0.305 e. The van der Waals surface area contributed by atoms with Crippen molar-refractivity contribution in [1.82, 2.24) is 9.80 Å². The molecule has 5 heteroatoms. The molecule has 18 heavy (non-hydrogen) atoms. The van der Waals surface area contributed by atoms with Gasteiger partial charge in [0.05, 0.1) is 0 Å². The molecule has 1 fully saturated rings. The molecule has 0 aromatic heterocycles. The average molecular weight is 295 g/mol. The minimum absolute atomic E-state index is 0.00204. The molecule has 1 aliphatic heterocycles. The van der Waals surface area contributed by atoms with Crippen molar-refractivity contribution < 1.29 is 4.79 Å². The Morgan fingerprint density at radius 1 is 0.889 bits per heavy atom. The Labute approximate surface area is 120 Å². The van der Waals surface area contributed by atoms with Crippen LogP contribution < -0.4 is 0 Å². The highest BCUT2D eigenvalue weighted by atomic mass is 35.5. The van der Waals surface area contributed by atoms with Gasteiger partial charge in [0.2, 0.25) is 0 Å². The van der Waals surface area contributed by atoms with Crippen LogP contribution in [0.5, 0.6) is 0 Å². The van der Waals surface area contributed by atoms with Crippen LogP contribution in [0.25, 0.3) is 0 Å². The lowest BCUT2D eigenvalue weighted by Crippen LogP contribution is -2.34. The standard InChI is InChI=1S/C13H24Cl2N2O/c1-3-5-7-9-16-11(14)12(15)17(13(16)18)10-8-6-4-2/h11-12H,3-10H2,1-2H3. The summed E-state index contributed by atoms with van der Waals surface area (Å²) in [6.45, 7) is 5.72. The normalized spacial score (nSPS) is 24.1. The Kier molecular flexibility index (Phi) is 7.16. The van der Waals surface area contributed by atoms with E-state index >= 15 is 0 Å². The van der Waals surface area contributed by atoms with Gasteiger partial charge in [0.25, 0.3) is 0 Å². The number of alkyl halides is 2. The monoisotopic (exact) mass is 294 g/mol. The van der Waals surface area contributed by atoms with Crippen LogP contribution in [0.1, 0.15) is 52.4 Å². The van der Waals surface area contributed by atoms with Crippen molar-refractivity contribution in [2.24, 2.45) is 0 Å². The van der Waals surface area contributed by atoms with E-state index in [2.05, 4.69) is 13.8 Å². The first-order chi connectivity index (χ1) is 8.63. The summed E-state index contributed by atoms with van der Waals surface area (Å²) in [6, 6.07) is 0.00204. The van der Waals surface area contributed by atoms with E-state index in [1.54, 1.807) is 9.80 Å². The van der Waals surface area contributed by atoms with E-state index in [0.717, 1.165) is 38.5 Å². The van der Waals surface area contributed by atoms with E-state index in [9.17, 15) is 4.79 Å². The predicted molar refractivity (Wildman–Crippen MR) is 77.1 cm³/mol. The largest absolute Gasteiger partial charge is 0.322 e. The molecule has 0 spiro atoms. The lowest BCUT2D eigenvalue weighted by molar-refractivity contribution is 0.188. The van der Waals surface area contributed by atoms with Crippen molar-refractivity contribution in [2.45, 2.75) is 63.4 Å². The SMILES string of the molecule is CCCCCN1C(=O)N(CCCCC)C(Cl)C1Cl. The molecule has 0 N–H and O–H groups in total. The third kappa shape index (κ3) is 3.92. The minimum Gasteiger partial charge on any atom is -0.305 e. The topological polar surface area (TPSA) is 23.6 Å². The zero-order chi connectivity index (χ0) is 13.5. The first-order valence-corrected chi connectivity index (χ1v) is 7.86. The maximum absolute atomic E-state index is 12.2. The van der Waals surface area contributed by atoms with Gasteiger partial charge in [-0.25, -0.2) is 4.79 Å². The van der Waals surface area contributed by atoms with Crippen LogP contribution in [0, 0.1) is 0 Å². The second-order valence-electron chi connectivity index (χ2n) is 4.83. The molecule has 0 aromatic carbocycles. The fourth-order valence-corrected chi connectivity index (χ4v) is 2.81. The van der Waals surface area contributed by atoms with Gasteiger partial charge in [-0.05, 0) is 12.8 Å². The number of halogens is 2. The highest BCUT2D eigenvalue weighted by molar-refractivity contribution is 6.31. The Balaban J connectivity index is 2.48. The van der Waals surface area contributed by atoms with Gasteiger partial charge in [0.1, 0.15) is 11.0 Å². The van der Waals surface area contributed by atoms with Crippen molar-refractivity contribution in [3.05, 3.63) is 0 Å². The molecule has 0 radical (unpaired) electrons. The van der Waals surface area contributed by atoms with Crippen molar-refractivity contribution in [3.8, 4) is 0 Å². The Bertz CT molecular complexity index is 239. The Hall–Kier alpha value is -0.150. The van der Waals surface area contributed by atoms with E-state index in [1.807, 2.05) is 0 Å². The molecule has 1 rings (SSSR count). The third-order valence-electron chi connectivity index (χ3n) is 3.32. The molecule has 0 aliphatic carbocycles. The van der Waals surface area contributed by atoms with E-state index < -0.39 is 11.0 Å². The van der Waals surface area contributed by atoms with Crippen LogP contribution in [0.2, 0.25) is 0 Å². The number of unbranched alkanes of at least 4 members (excludes halogenated alkanes) is 4. The van der Waals surface area contributed by atoms with Crippen LogP contribution in [0.3, 0.4) is 0 Å². The summed E-state index contributed by atoms with van der Waals surface area (Å²) >= 11 is 12.5. The zero-order valence-electron chi connectivity index (χ0n) is 11.4. The summed E-state index contributed by atoms with van der Waals surface area (Å²) in [5, 5.41) is 0. The first-order valence-electron chi connectivity index (χ1n) is 6.98. The second-order valence-corrected chi connectivity index (χ2v) is 5.72. The lowest BCUT2D eigenvalue weighted by atomic mass is 10.2. The highest BCUT2D eigenvalue weighted by Gasteiger charge is 2.42. The van der Waals surface area contributed by atoms with Crippen molar-refractivity contribution >= 4 is 29.2 Å². The van der Waals surface area contributed by atoms with Gasteiger partial charge in [-0.1, -0.05) is 62.7 Å². The van der Waals surface area contributed by atoms with Gasteiger partial charge in [-0.3, -0.25) is 0 Å². The molecule has 2 amide bonds. The molecule has 0 aromatic rings. The van der Waals surface area contributed by atoms with Gasteiger partial charge in [0, 0.05) is 13.1 Å². The minimum atomic E-state index is -0.391. The van der Waals surface area contributed by atoms with E-state index in [4.69, 9.17) is 23.2 Å². The van der Waals surface area contributed by atoms with Gasteiger partial charge in [0.15, 0.2) is 0 Å². The fourth-order valence-electron chi connectivity index (χ4n) is 2.18. The zero-order valence-corrected chi connectivity index (χ0v) is 12.9. The molecule has 1 aliphatic rings. The molecule has 1 saturated heterocycles. The summed E-state index contributed by atoms with van der Waals surface area (Å²) in [6.07, 6.45) is 6.51. The molecule has 1 heterocycles. The Morgan fingerprint density at radius 3 is 1.61 bits per heavy atom. The molecule has 3 nitrogen and oxygen atoms in total. The van der Waals surface area contributed by atoms with E-state index in [-0.39, 0.29) is 6.03 Å². The summed E-state index contributed by atoms with van der Waals surface area (Å²) in [4.78, 5) is 15.6. The number of hydrogen-bond donors (Lipinski definition) is 0. The second kappa shape index (κ2) is 8.11. The third-order valence-corrected chi connectivity index (χ3v) is 4.40. The van der Waals surface area contributed by atoms with Gasteiger partial charge < -0.3 is 9.80 Å². The number of hydrogen-bond acceptors (Lipinski definition) is 1. The lowest BCUT2D eigenvalue weighted by Gasteiger charge is -2.19. The number of nitrogens with zero attached hydrogens (tertiary/aromatic N) is 2. The number of amides is 2. The molecular weight excluding hydrogens is 271 g/mol. The molecule has 0 bridgehead atoms. The Morgan fingerprint density at radius 2 is 1.28 bits per heavy atom. The van der Waals surface area contributed by atoms with Gasteiger partial charge >= 0.3 is 6.03 Å². The highest BCUT2D eigenvalue weighted by Crippen LogP contribution is 2.29. The summed E-state index contributed by atoms with van der Waals surface area (Å²) < 4.78 is 0. The molecule has 2 atom stereocenters. The molecule has 2 unspecified atom stereocenters. The summed E-state index contributed by atoms with van der Waals surface area (Å²) in [7, 11) is 0. The van der Waals surface area contributed by atoms with Crippen LogP contribution in [-0.2, 0) is 0 Å². The summed E-state index contributed by atoms with van der Waals surface area (Å²) in [5.74, 6) is 0. The maximum Gasteiger partial charge on any atom is 0.322 e. The van der Waals surface area contributed by atoms with Crippen LogP contribution in [0.4, 0.5) is 4.79 Å². The van der Waals surface area contributed by atoms with E-state index in [1.165, 1.54) is 0 Å². The number of carbonyl (C=O) groups is 1. The number of carbonyl (C=O) groups excluding carboxylic acids is 1. The average Bonchev–Trinajstić information content (AvgIpc) is 2.56. The van der Waals surface area contributed by atoms with Gasteiger partial charge in [-0.15, -0.1) is 0 Å². The number of urea groups is 1. The number of rotatable bonds is 8. The summed E-state index contributed by atoms with van der Waals surface area (Å²) in [5.41, 5.74) is -0.782. The first kappa shape index (κ1) is 15.9. The quantitative estimate of drug-likeness (QED) is 0.373. The van der Waals surface area contributed by atoms with Crippen molar-refractivity contribution in [2.75, 3.05) is 13.1 Å². The fraction of sp³-hybridized carbons (Fsp3) is 0.923. The van der Waals surface area contributed by atoms with Crippen LogP contribution >= 0.6 is 23.2 Å². The van der Waals surface area contributed by atoms with Crippen molar-refractivity contribution in [1.29, 1.82) is 0 Å². The predicted octanol–water partition coefficient (Wildman–Crippen LogP) is 4.23. The van der Waals surface area contributed by atoms with Crippen LogP contribution in [0.15, 0.2) is 0 Å². The molecular formula is C13H24Cl2N2O.